The molecule has 2 amide bonds. The molecule has 2 aromatic rings. The summed E-state index contributed by atoms with van der Waals surface area (Å²) in [6, 6.07) is 12.3. The predicted octanol–water partition coefficient (Wildman–Crippen LogP) is 5.31. The van der Waals surface area contributed by atoms with E-state index in [2.05, 4.69) is 57.5 Å². The summed E-state index contributed by atoms with van der Waals surface area (Å²) in [5.74, 6) is 0.330. The number of aromatic nitrogens is 1. The number of hydrogen-bond donors (Lipinski definition) is 1. The van der Waals surface area contributed by atoms with E-state index in [1.807, 2.05) is 19.9 Å². The maximum absolute atomic E-state index is 13.9. The molecule has 0 bridgehead atoms. The molecule has 3 atom stereocenters. The van der Waals surface area contributed by atoms with Crippen molar-refractivity contribution >= 4 is 11.8 Å². The van der Waals surface area contributed by atoms with Gasteiger partial charge in [-0.25, -0.2) is 0 Å². The van der Waals surface area contributed by atoms with Gasteiger partial charge in [0, 0.05) is 31.4 Å². The summed E-state index contributed by atoms with van der Waals surface area (Å²) >= 11 is 0. The van der Waals surface area contributed by atoms with Crippen molar-refractivity contribution in [1.29, 1.82) is 0 Å². The van der Waals surface area contributed by atoms with E-state index in [0.717, 1.165) is 58.0 Å². The highest BCUT2D eigenvalue weighted by Crippen LogP contribution is 2.35. The van der Waals surface area contributed by atoms with Crippen LogP contribution in [0, 0.1) is 11.8 Å². The van der Waals surface area contributed by atoms with Crippen LogP contribution >= 0.6 is 0 Å². The minimum absolute atomic E-state index is 0.0196. The molecule has 1 aromatic heterocycles. The van der Waals surface area contributed by atoms with Crippen molar-refractivity contribution in [3.8, 4) is 0 Å². The molecule has 5 nitrogen and oxygen atoms in total. The lowest BCUT2D eigenvalue weighted by Gasteiger charge is -2.35. The smallest absolute Gasteiger partial charge is 0.245 e. The number of hydrogen-bond acceptors (Lipinski definition) is 2. The maximum Gasteiger partial charge on any atom is 0.245 e. The molecule has 0 radical (unpaired) electrons. The molecule has 1 aliphatic heterocycles. The molecule has 178 valence electrons. The number of carbonyl (C=O) groups excluding carboxylic acids is 2. The largest absolute Gasteiger partial charge is 0.350 e. The molecule has 1 saturated heterocycles. The molecule has 2 aliphatic rings. The molecule has 1 aliphatic carbocycles. The number of rotatable bonds is 8. The monoisotopic (exact) mass is 449 g/mol. The molecule has 4 rings (SSSR count). The van der Waals surface area contributed by atoms with Crippen molar-refractivity contribution in [1.82, 2.24) is 14.8 Å². The third-order valence-corrected chi connectivity index (χ3v) is 7.65. The van der Waals surface area contributed by atoms with Gasteiger partial charge in [-0.1, -0.05) is 63.4 Å². The Morgan fingerprint density at radius 3 is 2.52 bits per heavy atom. The van der Waals surface area contributed by atoms with E-state index >= 15 is 0 Å². The van der Waals surface area contributed by atoms with Crippen molar-refractivity contribution in [2.24, 2.45) is 11.8 Å². The first-order chi connectivity index (χ1) is 16.1. The topological polar surface area (TPSA) is 54.3 Å². The molecule has 2 heterocycles. The Morgan fingerprint density at radius 1 is 1.03 bits per heavy atom. The van der Waals surface area contributed by atoms with E-state index in [1.165, 1.54) is 17.5 Å². The minimum Gasteiger partial charge on any atom is -0.350 e. The molecular formula is C28H39N3O2. The number of nitrogens with zero attached hydrogens (tertiary/aromatic N) is 2. The number of likely N-dealkylation sites (tertiary alicyclic amines) is 1. The summed E-state index contributed by atoms with van der Waals surface area (Å²) in [5.41, 5.74) is 2.47. The van der Waals surface area contributed by atoms with E-state index < -0.39 is 0 Å². The van der Waals surface area contributed by atoms with E-state index in [9.17, 15) is 9.59 Å². The molecule has 2 fully saturated rings. The predicted molar refractivity (Wildman–Crippen MR) is 132 cm³/mol. The molecular weight excluding hydrogens is 410 g/mol. The van der Waals surface area contributed by atoms with Crippen LogP contribution < -0.4 is 5.32 Å². The van der Waals surface area contributed by atoms with Crippen LogP contribution in [0.5, 0.6) is 0 Å². The molecule has 0 spiro atoms. The van der Waals surface area contributed by atoms with Crippen LogP contribution in [-0.2, 0) is 16.1 Å². The van der Waals surface area contributed by atoms with Crippen LogP contribution in [0.15, 0.2) is 48.8 Å². The van der Waals surface area contributed by atoms with Gasteiger partial charge < -0.3 is 14.8 Å². The summed E-state index contributed by atoms with van der Waals surface area (Å²) in [7, 11) is 0. The number of carbonyl (C=O) groups is 2. The van der Waals surface area contributed by atoms with Crippen LogP contribution in [0.25, 0.3) is 0 Å². The Labute approximate surface area is 198 Å². The first-order valence-electron chi connectivity index (χ1n) is 12.9. The van der Waals surface area contributed by atoms with Gasteiger partial charge in [-0.15, -0.1) is 0 Å². The van der Waals surface area contributed by atoms with Crippen molar-refractivity contribution in [3.63, 3.8) is 0 Å². The van der Waals surface area contributed by atoms with Gasteiger partial charge in [0.25, 0.3) is 0 Å². The van der Waals surface area contributed by atoms with Crippen molar-refractivity contribution in [2.45, 2.75) is 83.8 Å². The zero-order valence-corrected chi connectivity index (χ0v) is 20.2. The fourth-order valence-corrected chi connectivity index (χ4v) is 5.43. The van der Waals surface area contributed by atoms with E-state index in [4.69, 9.17) is 0 Å². The summed E-state index contributed by atoms with van der Waals surface area (Å²) in [6.45, 7) is 5.58. The van der Waals surface area contributed by atoms with Crippen molar-refractivity contribution in [3.05, 3.63) is 59.9 Å². The maximum atomic E-state index is 13.9. The average molecular weight is 450 g/mol. The number of amides is 2. The fraction of sp³-hybridized carbons (Fsp3) is 0.571. The lowest BCUT2D eigenvalue weighted by Crippen LogP contribution is -2.53. The normalized spacial score (nSPS) is 21.0. The summed E-state index contributed by atoms with van der Waals surface area (Å²) in [4.78, 5) is 28.7. The molecule has 1 saturated carbocycles. The van der Waals surface area contributed by atoms with Gasteiger partial charge in [-0.2, -0.15) is 0 Å². The van der Waals surface area contributed by atoms with Crippen LogP contribution in [-0.4, -0.2) is 33.9 Å². The SMILES string of the molecule is CC[C@@H](C)C(=O)N[C@H](C(=O)N1CCC[C@H]1c1ccn(Cc2ccccc2)c1)C1CCCCC1. The van der Waals surface area contributed by atoms with Gasteiger partial charge in [0.2, 0.25) is 11.8 Å². The van der Waals surface area contributed by atoms with E-state index in [0.29, 0.717) is 0 Å². The summed E-state index contributed by atoms with van der Waals surface area (Å²) in [5, 5.41) is 3.19. The van der Waals surface area contributed by atoms with Gasteiger partial charge in [0.05, 0.1) is 6.04 Å². The Kier molecular flexibility index (Phi) is 7.89. The van der Waals surface area contributed by atoms with Crippen molar-refractivity contribution in [2.75, 3.05) is 6.54 Å². The van der Waals surface area contributed by atoms with Gasteiger partial charge in [0.15, 0.2) is 0 Å². The van der Waals surface area contributed by atoms with Crippen LogP contribution in [0.1, 0.15) is 82.4 Å². The highest BCUT2D eigenvalue weighted by Gasteiger charge is 2.39. The fourth-order valence-electron chi connectivity index (χ4n) is 5.43. The van der Waals surface area contributed by atoms with E-state index in [1.54, 1.807) is 0 Å². The van der Waals surface area contributed by atoms with Crippen LogP contribution in [0.2, 0.25) is 0 Å². The second-order valence-corrected chi connectivity index (χ2v) is 9.99. The Morgan fingerprint density at radius 2 is 1.79 bits per heavy atom. The van der Waals surface area contributed by atoms with Gasteiger partial charge in [-0.05, 0) is 55.2 Å². The number of nitrogens with one attached hydrogen (secondary N) is 1. The molecule has 1 aromatic carbocycles. The van der Waals surface area contributed by atoms with Gasteiger partial charge in [-0.3, -0.25) is 9.59 Å². The first kappa shape index (κ1) is 23.6. The number of benzene rings is 1. The lowest BCUT2D eigenvalue weighted by molar-refractivity contribution is -0.140. The molecule has 33 heavy (non-hydrogen) atoms. The average Bonchev–Trinajstić information content (AvgIpc) is 3.52. The molecule has 5 heteroatoms. The minimum atomic E-state index is -0.390. The quantitative estimate of drug-likeness (QED) is 0.594. The standard InChI is InChI=1S/C28H39N3O2/c1-3-21(2)27(32)29-26(23-13-8-5-9-14-23)28(33)31-17-10-15-25(31)24-16-18-30(20-24)19-22-11-6-4-7-12-22/h4,6-7,11-12,16,18,20-21,23,25-26H,3,5,8-10,13-15,17,19H2,1-2H3,(H,29,32)/t21-,25+,26+/m1/s1. The highest BCUT2D eigenvalue weighted by molar-refractivity contribution is 5.89. The first-order valence-corrected chi connectivity index (χ1v) is 12.9. The zero-order valence-electron chi connectivity index (χ0n) is 20.2. The lowest BCUT2D eigenvalue weighted by atomic mass is 9.83. The van der Waals surface area contributed by atoms with Gasteiger partial charge in [0.1, 0.15) is 6.04 Å². The second-order valence-electron chi connectivity index (χ2n) is 9.99. The third-order valence-electron chi connectivity index (χ3n) is 7.65. The van der Waals surface area contributed by atoms with Crippen molar-refractivity contribution < 1.29 is 9.59 Å². The third kappa shape index (κ3) is 5.69. The zero-order chi connectivity index (χ0) is 23.2. The second kappa shape index (κ2) is 11.0. The highest BCUT2D eigenvalue weighted by atomic mass is 16.2. The van der Waals surface area contributed by atoms with Crippen LogP contribution in [0.3, 0.4) is 0 Å². The molecule has 1 N–H and O–H groups in total. The summed E-state index contributed by atoms with van der Waals surface area (Å²) < 4.78 is 2.20. The van der Waals surface area contributed by atoms with E-state index in [-0.39, 0.29) is 35.7 Å². The summed E-state index contributed by atoms with van der Waals surface area (Å²) in [6.07, 6.45) is 12.7. The Bertz CT molecular complexity index is 916. The Balaban J connectivity index is 1.50. The Hall–Kier alpha value is -2.56. The molecule has 0 unspecified atom stereocenters. The van der Waals surface area contributed by atoms with Crippen LogP contribution in [0.4, 0.5) is 0 Å². The van der Waals surface area contributed by atoms with Gasteiger partial charge >= 0.3 is 0 Å².